The molecule has 33 heavy (non-hydrogen) atoms. The molecule has 0 aliphatic carbocycles. The molecule has 0 saturated carbocycles. The van der Waals surface area contributed by atoms with Crippen LogP contribution in [0, 0.1) is 12.7 Å². The molecule has 2 amide bonds. The molecule has 0 radical (unpaired) electrons. The van der Waals surface area contributed by atoms with E-state index in [1.54, 1.807) is 30.0 Å². The van der Waals surface area contributed by atoms with Gasteiger partial charge in [-0.25, -0.2) is 14.4 Å². The van der Waals surface area contributed by atoms with Crippen molar-refractivity contribution in [1.82, 2.24) is 20.2 Å². The molecule has 2 heterocycles. The van der Waals surface area contributed by atoms with Crippen molar-refractivity contribution in [2.24, 2.45) is 0 Å². The fraction of sp³-hybridized carbons (Fsp3) is 0.308. The lowest BCUT2D eigenvalue weighted by Crippen LogP contribution is -2.33. The van der Waals surface area contributed by atoms with Crippen LogP contribution in [0.15, 0.2) is 60.8 Å². The summed E-state index contributed by atoms with van der Waals surface area (Å²) in [6.07, 6.45) is 3.63. The lowest BCUT2D eigenvalue weighted by molar-refractivity contribution is -0.132. The molecule has 1 aromatic heterocycles. The first-order valence-corrected chi connectivity index (χ1v) is 11.2. The monoisotopic (exact) mass is 446 g/mol. The van der Waals surface area contributed by atoms with Gasteiger partial charge in [-0.1, -0.05) is 48.5 Å². The molecule has 4 rings (SSSR count). The highest BCUT2D eigenvalue weighted by atomic mass is 19.1. The van der Waals surface area contributed by atoms with Gasteiger partial charge in [-0.15, -0.1) is 0 Å². The molecule has 0 spiro atoms. The average Bonchev–Trinajstić information content (AvgIpc) is 3.32. The van der Waals surface area contributed by atoms with Crippen LogP contribution < -0.4 is 5.32 Å². The quantitative estimate of drug-likeness (QED) is 0.592. The summed E-state index contributed by atoms with van der Waals surface area (Å²) in [7, 11) is 0. The number of benzene rings is 2. The van der Waals surface area contributed by atoms with E-state index in [4.69, 9.17) is 0 Å². The summed E-state index contributed by atoms with van der Waals surface area (Å²) in [6.45, 7) is 2.76. The van der Waals surface area contributed by atoms with E-state index in [1.807, 2.05) is 30.3 Å². The molecule has 1 saturated heterocycles. The zero-order chi connectivity index (χ0) is 23.2. The SMILES string of the molecule is Cc1ncc(C(=O)NCc2ccccc2)c([C@H]2CCCN2C(=O)CCc2ccccc2F)n1. The second-order valence-electron chi connectivity index (χ2n) is 8.22. The van der Waals surface area contributed by atoms with Crippen molar-refractivity contribution in [3.05, 3.63) is 94.8 Å². The summed E-state index contributed by atoms with van der Waals surface area (Å²) in [5, 5.41) is 2.93. The van der Waals surface area contributed by atoms with Crippen LogP contribution in [-0.2, 0) is 17.8 Å². The van der Waals surface area contributed by atoms with Crippen LogP contribution >= 0.6 is 0 Å². The minimum absolute atomic E-state index is 0.0623. The van der Waals surface area contributed by atoms with Crippen LogP contribution in [0.2, 0.25) is 0 Å². The topological polar surface area (TPSA) is 75.2 Å². The van der Waals surface area contributed by atoms with Gasteiger partial charge in [-0.2, -0.15) is 0 Å². The molecule has 1 atom stereocenters. The highest BCUT2D eigenvalue weighted by Crippen LogP contribution is 2.33. The number of rotatable bonds is 7. The van der Waals surface area contributed by atoms with Crippen molar-refractivity contribution in [2.45, 2.75) is 45.2 Å². The van der Waals surface area contributed by atoms with E-state index in [9.17, 15) is 14.0 Å². The highest BCUT2D eigenvalue weighted by Gasteiger charge is 2.33. The number of carbonyl (C=O) groups excluding carboxylic acids is 2. The van der Waals surface area contributed by atoms with E-state index < -0.39 is 0 Å². The van der Waals surface area contributed by atoms with Crippen molar-refractivity contribution in [3.8, 4) is 0 Å². The van der Waals surface area contributed by atoms with Gasteiger partial charge in [0.25, 0.3) is 5.91 Å². The van der Waals surface area contributed by atoms with E-state index in [0.29, 0.717) is 42.2 Å². The number of nitrogens with zero attached hydrogens (tertiary/aromatic N) is 3. The van der Waals surface area contributed by atoms with E-state index in [2.05, 4.69) is 15.3 Å². The maximum atomic E-state index is 14.0. The van der Waals surface area contributed by atoms with E-state index in [0.717, 1.165) is 18.4 Å². The number of likely N-dealkylation sites (tertiary alicyclic amines) is 1. The Morgan fingerprint density at radius 2 is 1.88 bits per heavy atom. The Morgan fingerprint density at radius 1 is 1.12 bits per heavy atom. The molecule has 6 nitrogen and oxygen atoms in total. The van der Waals surface area contributed by atoms with Crippen LogP contribution in [0.3, 0.4) is 0 Å². The Labute approximate surface area is 192 Å². The number of halogens is 1. The fourth-order valence-electron chi connectivity index (χ4n) is 4.23. The van der Waals surface area contributed by atoms with Crippen molar-refractivity contribution < 1.29 is 14.0 Å². The van der Waals surface area contributed by atoms with Crippen molar-refractivity contribution in [3.63, 3.8) is 0 Å². The minimum atomic E-state index is -0.299. The maximum Gasteiger partial charge on any atom is 0.255 e. The van der Waals surface area contributed by atoms with Crippen LogP contribution in [0.5, 0.6) is 0 Å². The van der Waals surface area contributed by atoms with Gasteiger partial charge in [0.05, 0.1) is 17.3 Å². The highest BCUT2D eigenvalue weighted by molar-refractivity contribution is 5.95. The van der Waals surface area contributed by atoms with E-state index in [-0.39, 0.29) is 30.1 Å². The summed E-state index contributed by atoms with van der Waals surface area (Å²) >= 11 is 0. The van der Waals surface area contributed by atoms with Crippen LogP contribution in [0.4, 0.5) is 4.39 Å². The standard InChI is InChI=1S/C26H27FN4O2/c1-18-28-17-21(26(33)29-16-19-8-3-2-4-9-19)25(30-18)23-12-7-15-31(23)24(32)14-13-20-10-5-6-11-22(20)27/h2-6,8-11,17,23H,7,12-16H2,1H3,(H,29,33)/t23-/m1/s1. The Balaban J connectivity index is 1.49. The molecule has 170 valence electrons. The number of aromatic nitrogens is 2. The molecule has 7 heteroatoms. The second-order valence-corrected chi connectivity index (χ2v) is 8.22. The molecule has 3 aromatic rings. The Hall–Kier alpha value is -3.61. The summed E-state index contributed by atoms with van der Waals surface area (Å²) in [4.78, 5) is 36.6. The van der Waals surface area contributed by atoms with Gasteiger partial charge in [0, 0.05) is 25.7 Å². The van der Waals surface area contributed by atoms with Crippen LogP contribution in [-0.4, -0.2) is 33.2 Å². The first-order chi connectivity index (χ1) is 16.0. The van der Waals surface area contributed by atoms with Gasteiger partial charge in [-0.05, 0) is 43.4 Å². The molecule has 1 aliphatic heterocycles. The molecular weight excluding hydrogens is 419 g/mol. The number of carbonyl (C=O) groups is 2. The zero-order valence-corrected chi connectivity index (χ0v) is 18.6. The number of hydrogen-bond donors (Lipinski definition) is 1. The summed E-state index contributed by atoms with van der Waals surface area (Å²) < 4.78 is 14.0. The summed E-state index contributed by atoms with van der Waals surface area (Å²) in [6, 6.07) is 15.9. The van der Waals surface area contributed by atoms with Gasteiger partial charge in [0.15, 0.2) is 0 Å². The third-order valence-corrected chi connectivity index (χ3v) is 5.93. The van der Waals surface area contributed by atoms with Crippen LogP contribution in [0.1, 0.15) is 58.3 Å². The van der Waals surface area contributed by atoms with Gasteiger partial charge in [0.2, 0.25) is 5.91 Å². The summed E-state index contributed by atoms with van der Waals surface area (Å²) in [5.74, 6) is -0.0745. The molecular formula is C26H27FN4O2. The van der Waals surface area contributed by atoms with Gasteiger partial charge < -0.3 is 10.2 Å². The predicted octanol–water partition coefficient (Wildman–Crippen LogP) is 4.15. The van der Waals surface area contributed by atoms with E-state index in [1.165, 1.54) is 12.3 Å². The van der Waals surface area contributed by atoms with Gasteiger partial charge >= 0.3 is 0 Å². The number of hydrogen-bond acceptors (Lipinski definition) is 4. The largest absolute Gasteiger partial charge is 0.348 e. The molecule has 1 aliphatic rings. The maximum absolute atomic E-state index is 14.0. The number of amides is 2. The summed E-state index contributed by atoms with van der Waals surface area (Å²) in [5.41, 5.74) is 2.48. The van der Waals surface area contributed by atoms with Crippen molar-refractivity contribution in [1.29, 1.82) is 0 Å². The van der Waals surface area contributed by atoms with Gasteiger partial charge in [-0.3, -0.25) is 9.59 Å². The molecule has 1 fully saturated rings. The predicted molar refractivity (Wildman–Crippen MR) is 123 cm³/mol. The number of aryl methyl sites for hydroxylation is 2. The third kappa shape index (κ3) is 5.42. The first kappa shape index (κ1) is 22.6. The van der Waals surface area contributed by atoms with Gasteiger partial charge in [0.1, 0.15) is 11.6 Å². The Kier molecular flexibility index (Phi) is 7.07. The Bertz CT molecular complexity index is 1140. The average molecular weight is 447 g/mol. The minimum Gasteiger partial charge on any atom is -0.348 e. The van der Waals surface area contributed by atoms with Crippen molar-refractivity contribution in [2.75, 3.05) is 6.54 Å². The van der Waals surface area contributed by atoms with Crippen LogP contribution in [0.25, 0.3) is 0 Å². The molecule has 1 N–H and O–H groups in total. The fourth-order valence-corrected chi connectivity index (χ4v) is 4.23. The number of nitrogens with one attached hydrogen (secondary N) is 1. The second kappa shape index (κ2) is 10.3. The molecule has 2 aromatic carbocycles. The van der Waals surface area contributed by atoms with Crippen molar-refractivity contribution >= 4 is 11.8 Å². The normalized spacial score (nSPS) is 15.5. The lowest BCUT2D eigenvalue weighted by atomic mass is 10.0. The zero-order valence-electron chi connectivity index (χ0n) is 18.6. The first-order valence-electron chi connectivity index (χ1n) is 11.2. The molecule has 0 unspecified atom stereocenters. The third-order valence-electron chi connectivity index (χ3n) is 5.93. The van der Waals surface area contributed by atoms with E-state index >= 15 is 0 Å². The smallest absolute Gasteiger partial charge is 0.255 e. The Morgan fingerprint density at radius 3 is 2.67 bits per heavy atom. The molecule has 0 bridgehead atoms. The lowest BCUT2D eigenvalue weighted by Gasteiger charge is -2.26.